The average Bonchev–Trinajstić information content (AvgIpc) is 2.85. The Morgan fingerprint density at radius 3 is 2.93 bits per heavy atom. The van der Waals surface area contributed by atoms with Crippen LogP contribution in [0.2, 0.25) is 0 Å². The van der Waals surface area contributed by atoms with Gasteiger partial charge >= 0.3 is 0 Å². The molecule has 1 heterocycles. The maximum atomic E-state index is 11.2. The van der Waals surface area contributed by atoms with Crippen LogP contribution in [0.1, 0.15) is 18.6 Å². The van der Waals surface area contributed by atoms with Crippen molar-refractivity contribution in [3.05, 3.63) is 28.6 Å². The quantitative estimate of drug-likeness (QED) is 0.843. The first kappa shape index (κ1) is 9.52. The summed E-state index contributed by atoms with van der Waals surface area (Å²) in [6.07, 6.45) is 5.35. The van der Waals surface area contributed by atoms with E-state index in [1.807, 2.05) is 0 Å². The van der Waals surface area contributed by atoms with E-state index in [1.165, 1.54) is 6.08 Å². The molecular weight excluding hydrogens is 246 g/mol. The molecule has 0 spiro atoms. The standard InChI is InChI=1S/C10H10BrNO2/c11-9-5-3-8(14-9)4-6-10(13)12-7-1-2-7/h3-7H,1-2H2,(H,12,13)/b6-4+. The van der Waals surface area contributed by atoms with Crippen LogP contribution in [0.15, 0.2) is 27.3 Å². The second kappa shape index (κ2) is 4.00. The van der Waals surface area contributed by atoms with Gasteiger partial charge in [-0.15, -0.1) is 0 Å². The average molecular weight is 256 g/mol. The minimum atomic E-state index is -0.0555. The Labute approximate surface area is 90.3 Å². The number of hydrogen-bond acceptors (Lipinski definition) is 2. The van der Waals surface area contributed by atoms with E-state index in [9.17, 15) is 4.79 Å². The van der Waals surface area contributed by atoms with E-state index in [2.05, 4.69) is 21.2 Å². The van der Waals surface area contributed by atoms with Crippen molar-refractivity contribution in [3.63, 3.8) is 0 Å². The van der Waals surface area contributed by atoms with Gasteiger partial charge in [0.1, 0.15) is 5.76 Å². The first-order chi connectivity index (χ1) is 6.74. The van der Waals surface area contributed by atoms with E-state index in [0.717, 1.165) is 12.8 Å². The third-order valence-corrected chi connectivity index (χ3v) is 2.34. The zero-order chi connectivity index (χ0) is 9.97. The van der Waals surface area contributed by atoms with Crippen LogP contribution < -0.4 is 5.32 Å². The fraction of sp³-hybridized carbons (Fsp3) is 0.300. The highest BCUT2D eigenvalue weighted by Crippen LogP contribution is 2.18. The van der Waals surface area contributed by atoms with Crippen LogP contribution in [-0.2, 0) is 4.79 Å². The zero-order valence-electron chi connectivity index (χ0n) is 7.50. The first-order valence-corrected chi connectivity index (χ1v) is 5.27. The summed E-state index contributed by atoms with van der Waals surface area (Å²) in [7, 11) is 0. The Morgan fingerprint density at radius 1 is 1.57 bits per heavy atom. The smallest absolute Gasteiger partial charge is 0.244 e. The van der Waals surface area contributed by atoms with E-state index < -0.39 is 0 Å². The maximum absolute atomic E-state index is 11.2. The van der Waals surface area contributed by atoms with Crippen LogP contribution in [0, 0.1) is 0 Å². The molecule has 1 N–H and O–H groups in total. The highest BCUT2D eigenvalue weighted by Gasteiger charge is 2.21. The Bertz CT molecular complexity index is 366. The van der Waals surface area contributed by atoms with Crippen molar-refractivity contribution < 1.29 is 9.21 Å². The largest absolute Gasteiger partial charge is 0.450 e. The monoisotopic (exact) mass is 255 g/mol. The topological polar surface area (TPSA) is 42.2 Å². The van der Waals surface area contributed by atoms with Crippen molar-refractivity contribution in [2.75, 3.05) is 0 Å². The number of amides is 1. The van der Waals surface area contributed by atoms with Gasteiger partial charge in [0.25, 0.3) is 0 Å². The third-order valence-electron chi connectivity index (χ3n) is 1.92. The van der Waals surface area contributed by atoms with E-state index in [4.69, 9.17) is 4.42 Å². The summed E-state index contributed by atoms with van der Waals surface area (Å²) in [5, 5.41) is 2.85. The molecule has 3 nitrogen and oxygen atoms in total. The summed E-state index contributed by atoms with van der Waals surface area (Å²) in [4.78, 5) is 11.2. The molecule has 14 heavy (non-hydrogen) atoms. The molecule has 0 saturated heterocycles. The third kappa shape index (κ3) is 2.73. The fourth-order valence-corrected chi connectivity index (χ4v) is 1.37. The molecule has 1 aliphatic rings. The number of carbonyl (C=O) groups excluding carboxylic acids is 1. The highest BCUT2D eigenvalue weighted by molar-refractivity contribution is 9.10. The van der Waals surface area contributed by atoms with Gasteiger partial charge in [-0.3, -0.25) is 4.79 Å². The van der Waals surface area contributed by atoms with Crippen molar-refractivity contribution in [2.24, 2.45) is 0 Å². The summed E-state index contributed by atoms with van der Waals surface area (Å²) in [5.41, 5.74) is 0. The van der Waals surface area contributed by atoms with E-state index >= 15 is 0 Å². The molecular formula is C10H10BrNO2. The second-order valence-corrected chi connectivity index (χ2v) is 4.04. The molecule has 1 amide bonds. The van der Waals surface area contributed by atoms with Crippen molar-refractivity contribution in [2.45, 2.75) is 18.9 Å². The molecule has 74 valence electrons. The van der Waals surface area contributed by atoms with Crippen molar-refractivity contribution in [1.29, 1.82) is 0 Å². The van der Waals surface area contributed by atoms with Gasteiger partial charge in [0.15, 0.2) is 4.67 Å². The predicted molar refractivity (Wildman–Crippen MR) is 56.6 cm³/mol. The Morgan fingerprint density at radius 2 is 2.36 bits per heavy atom. The molecule has 0 aliphatic heterocycles. The summed E-state index contributed by atoms with van der Waals surface area (Å²) < 4.78 is 5.87. The molecule has 1 aromatic rings. The number of furan rings is 1. The minimum Gasteiger partial charge on any atom is -0.450 e. The second-order valence-electron chi connectivity index (χ2n) is 3.26. The molecule has 1 aliphatic carbocycles. The Kier molecular flexibility index (Phi) is 2.72. The van der Waals surface area contributed by atoms with Gasteiger partial charge < -0.3 is 9.73 Å². The summed E-state index contributed by atoms with van der Waals surface area (Å²) >= 11 is 3.19. The molecule has 1 aromatic heterocycles. The van der Waals surface area contributed by atoms with Gasteiger partial charge in [0.2, 0.25) is 5.91 Å². The lowest BCUT2D eigenvalue weighted by molar-refractivity contribution is -0.116. The fourth-order valence-electron chi connectivity index (χ4n) is 1.05. The lowest BCUT2D eigenvalue weighted by atomic mass is 10.4. The Hall–Kier alpha value is -1.03. The number of rotatable bonds is 3. The molecule has 0 bridgehead atoms. The number of nitrogens with one attached hydrogen (secondary N) is 1. The van der Waals surface area contributed by atoms with Gasteiger partial charge in [0.05, 0.1) is 0 Å². The lowest BCUT2D eigenvalue weighted by Crippen LogP contribution is -2.22. The number of halogens is 1. The normalized spacial score (nSPS) is 16.1. The Balaban J connectivity index is 1.88. The molecule has 1 fully saturated rings. The van der Waals surface area contributed by atoms with Gasteiger partial charge in [-0.25, -0.2) is 0 Å². The molecule has 4 heteroatoms. The van der Waals surface area contributed by atoms with Gasteiger partial charge in [0, 0.05) is 12.1 Å². The van der Waals surface area contributed by atoms with Crippen molar-refractivity contribution >= 4 is 27.9 Å². The summed E-state index contributed by atoms with van der Waals surface area (Å²) in [5.74, 6) is 0.614. The summed E-state index contributed by atoms with van der Waals surface area (Å²) in [6, 6.07) is 3.99. The molecule has 1 saturated carbocycles. The lowest BCUT2D eigenvalue weighted by Gasteiger charge is -1.95. The van der Waals surface area contributed by atoms with Crippen LogP contribution in [0.25, 0.3) is 6.08 Å². The van der Waals surface area contributed by atoms with Crippen LogP contribution in [0.4, 0.5) is 0 Å². The van der Waals surface area contributed by atoms with Gasteiger partial charge in [-0.2, -0.15) is 0 Å². The number of carbonyl (C=O) groups is 1. The molecule has 0 unspecified atom stereocenters. The van der Waals surface area contributed by atoms with Gasteiger partial charge in [-0.05, 0) is 47.0 Å². The maximum Gasteiger partial charge on any atom is 0.244 e. The number of hydrogen-bond donors (Lipinski definition) is 1. The molecule has 0 atom stereocenters. The van der Waals surface area contributed by atoms with Crippen LogP contribution in [-0.4, -0.2) is 11.9 Å². The van der Waals surface area contributed by atoms with Crippen molar-refractivity contribution in [1.82, 2.24) is 5.32 Å². The van der Waals surface area contributed by atoms with Crippen LogP contribution >= 0.6 is 15.9 Å². The van der Waals surface area contributed by atoms with E-state index in [-0.39, 0.29) is 5.91 Å². The van der Waals surface area contributed by atoms with Crippen LogP contribution in [0.5, 0.6) is 0 Å². The molecule has 0 radical (unpaired) electrons. The predicted octanol–water partition coefficient (Wildman–Crippen LogP) is 2.33. The zero-order valence-corrected chi connectivity index (χ0v) is 9.08. The minimum absolute atomic E-state index is 0.0555. The SMILES string of the molecule is O=C(/C=C/c1ccc(Br)o1)NC1CC1. The molecule has 0 aromatic carbocycles. The van der Waals surface area contributed by atoms with E-state index in [1.54, 1.807) is 18.2 Å². The highest BCUT2D eigenvalue weighted by atomic mass is 79.9. The van der Waals surface area contributed by atoms with E-state index in [0.29, 0.717) is 16.5 Å². The summed E-state index contributed by atoms with van der Waals surface area (Å²) in [6.45, 7) is 0. The first-order valence-electron chi connectivity index (χ1n) is 4.48. The van der Waals surface area contributed by atoms with Crippen molar-refractivity contribution in [3.8, 4) is 0 Å². The van der Waals surface area contributed by atoms with Gasteiger partial charge in [-0.1, -0.05) is 0 Å². The molecule has 2 rings (SSSR count). The van der Waals surface area contributed by atoms with Crippen LogP contribution in [0.3, 0.4) is 0 Å².